The Morgan fingerprint density at radius 2 is 2.00 bits per heavy atom. The van der Waals surface area contributed by atoms with E-state index in [1.165, 1.54) is 22.9 Å². The second-order valence-electron chi connectivity index (χ2n) is 5.89. The minimum Gasteiger partial charge on any atom is -0.351 e. The van der Waals surface area contributed by atoms with Gasteiger partial charge in [0.1, 0.15) is 0 Å². The highest BCUT2D eigenvalue weighted by Crippen LogP contribution is 2.26. The summed E-state index contributed by atoms with van der Waals surface area (Å²) in [5.74, 6) is -0.312. The van der Waals surface area contributed by atoms with E-state index in [2.05, 4.69) is 5.32 Å². The van der Waals surface area contributed by atoms with Gasteiger partial charge in [-0.3, -0.25) is 4.79 Å². The van der Waals surface area contributed by atoms with Crippen LogP contribution >= 0.6 is 0 Å². The highest BCUT2D eigenvalue weighted by atomic mass is 32.2. The fraction of sp³-hybridized carbons (Fsp3) is 0.562. The first kappa shape index (κ1) is 17.9. The molecule has 0 aromatic heterocycles. The summed E-state index contributed by atoms with van der Waals surface area (Å²) in [6.45, 7) is 0.700. The summed E-state index contributed by atoms with van der Waals surface area (Å²) in [4.78, 5) is 12.1. The third-order valence-corrected chi connectivity index (χ3v) is 6.20. The molecule has 2 rings (SSSR count). The third kappa shape index (κ3) is 4.31. The predicted molar refractivity (Wildman–Crippen MR) is 89.7 cm³/mol. The number of amides is 1. The molecule has 6 nitrogen and oxygen atoms in total. The van der Waals surface area contributed by atoms with Gasteiger partial charge in [-0.1, -0.05) is 25.3 Å². The van der Waals surface area contributed by atoms with Crippen LogP contribution in [0.3, 0.4) is 0 Å². The topological polar surface area (TPSA) is 92.5 Å². The van der Waals surface area contributed by atoms with E-state index in [0.29, 0.717) is 18.7 Å². The summed E-state index contributed by atoms with van der Waals surface area (Å²) in [5.41, 5.74) is 5.69. The number of hydrogen-bond acceptors (Lipinski definition) is 4. The zero-order valence-corrected chi connectivity index (χ0v) is 14.3. The van der Waals surface area contributed by atoms with Gasteiger partial charge < -0.3 is 11.1 Å². The smallest absolute Gasteiger partial charge is 0.251 e. The van der Waals surface area contributed by atoms with Gasteiger partial charge in [-0.25, -0.2) is 8.42 Å². The van der Waals surface area contributed by atoms with Gasteiger partial charge in [0, 0.05) is 31.7 Å². The summed E-state index contributed by atoms with van der Waals surface area (Å²) < 4.78 is 27.1. The van der Waals surface area contributed by atoms with Gasteiger partial charge in [0.2, 0.25) is 10.0 Å². The third-order valence-electron chi connectivity index (χ3n) is 4.29. The molecule has 1 amide bonds. The van der Waals surface area contributed by atoms with E-state index in [9.17, 15) is 13.2 Å². The van der Waals surface area contributed by atoms with E-state index in [1.807, 2.05) is 0 Å². The highest BCUT2D eigenvalue weighted by molar-refractivity contribution is 7.89. The predicted octanol–water partition coefficient (Wildman–Crippen LogP) is 1.33. The minimum absolute atomic E-state index is 0.0449. The van der Waals surface area contributed by atoms with Crippen LogP contribution in [0.2, 0.25) is 0 Å². The van der Waals surface area contributed by atoms with Crippen molar-refractivity contribution in [1.82, 2.24) is 9.62 Å². The Morgan fingerprint density at radius 1 is 1.30 bits per heavy atom. The van der Waals surface area contributed by atoms with E-state index >= 15 is 0 Å². The van der Waals surface area contributed by atoms with Gasteiger partial charge in [-0.2, -0.15) is 4.31 Å². The average Bonchev–Trinajstić information content (AvgIpc) is 2.59. The summed E-state index contributed by atoms with van der Waals surface area (Å²) >= 11 is 0. The van der Waals surface area contributed by atoms with Crippen molar-refractivity contribution in [3.8, 4) is 0 Å². The van der Waals surface area contributed by atoms with Crippen LogP contribution in [0.5, 0.6) is 0 Å². The van der Waals surface area contributed by atoms with E-state index in [0.717, 1.165) is 25.7 Å². The van der Waals surface area contributed by atoms with Gasteiger partial charge in [0.25, 0.3) is 5.91 Å². The second-order valence-corrected chi connectivity index (χ2v) is 7.88. The first-order chi connectivity index (χ1) is 11.0. The normalized spacial score (nSPS) is 16.5. The zero-order chi connectivity index (χ0) is 16.9. The molecule has 0 heterocycles. The van der Waals surface area contributed by atoms with Crippen molar-refractivity contribution in [2.45, 2.75) is 43.0 Å². The molecule has 0 atom stereocenters. The SMILES string of the molecule is CN(C1CCCCC1)S(=O)(=O)c1cccc(C(=O)NCCN)c1. The number of nitrogens with zero attached hydrogens (tertiary/aromatic N) is 1. The molecule has 1 aromatic rings. The van der Waals surface area contributed by atoms with Gasteiger partial charge in [0.05, 0.1) is 4.90 Å². The number of rotatable bonds is 6. The molecule has 23 heavy (non-hydrogen) atoms. The lowest BCUT2D eigenvalue weighted by Gasteiger charge is -2.30. The monoisotopic (exact) mass is 339 g/mol. The number of hydrogen-bond donors (Lipinski definition) is 2. The van der Waals surface area contributed by atoms with Crippen molar-refractivity contribution < 1.29 is 13.2 Å². The Labute approximate surface area is 138 Å². The maximum absolute atomic E-state index is 12.8. The molecule has 1 saturated carbocycles. The van der Waals surface area contributed by atoms with Crippen LogP contribution in [0.15, 0.2) is 29.2 Å². The molecule has 0 unspecified atom stereocenters. The maximum atomic E-state index is 12.8. The zero-order valence-electron chi connectivity index (χ0n) is 13.5. The molecule has 0 bridgehead atoms. The lowest BCUT2D eigenvalue weighted by Crippen LogP contribution is -2.38. The van der Waals surface area contributed by atoms with E-state index in [1.54, 1.807) is 19.2 Å². The molecule has 1 aromatic carbocycles. The Hall–Kier alpha value is -1.44. The molecular formula is C16H25N3O3S. The largest absolute Gasteiger partial charge is 0.351 e. The van der Waals surface area contributed by atoms with E-state index < -0.39 is 10.0 Å². The van der Waals surface area contributed by atoms with Crippen LogP contribution in [0, 0.1) is 0 Å². The molecule has 128 valence electrons. The van der Waals surface area contributed by atoms with Crippen molar-refractivity contribution in [2.24, 2.45) is 5.73 Å². The van der Waals surface area contributed by atoms with Crippen molar-refractivity contribution in [3.05, 3.63) is 29.8 Å². The fourth-order valence-electron chi connectivity index (χ4n) is 2.89. The average molecular weight is 339 g/mol. The van der Waals surface area contributed by atoms with Crippen LogP contribution in [0.1, 0.15) is 42.5 Å². The number of sulfonamides is 1. The van der Waals surface area contributed by atoms with Crippen LogP contribution in [0.4, 0.5) is 0 Å². The van der Waals surface area contributed by atoms with Crippen LogP contribution in [-0.2, 0) is 10.0 Å². The molecule has 1 fully saturated rings. The summed E-state index contributed by atoms with van der Waals surface area (Å²) in [7, 11) is -1.96. The van der Waals surface area contributed by atoms with Crippen LogP contribution < -0.4 is 11.1 Å². The number of nitrogens with one attached hydrogen (secondary N) is 1. The van der Waals surface area contributed by atoms with Crippen LogP contribution in [-0.4, -0.2) is 44.8 Å². The summed E-state index contributed by atoms with van der Waals surface area (Å²) in [6.07, 6.45) is 5.08. The summed E-state index contributed by atoms with van der Waals surface area (Å²) in [5, 5.41) is 2.65. The number of benzene rings is 1. The highest BCUT2D eigenvalue weighted by Gasteiger charge is 2.29. The number of carbonyl (C=O) groups is 1. The van der Waals surface area contributed by atoms with Gasteiger partial charge in [-0.05, 0) is 31.0 Å². The maximum Gasteiger partial charge on any atom is 0.251 e. The Morgan fingerprint density at radius 3 is 2.65 bits per heavy atom. The van der Waals surface area contributed by atoms with Crippen molar-refractivity contribution in [1.29, 1.82) is 0 Å². The van der Waals surface area contributed by atoms with Crippen molar-refractivity contribution in [2.75, 3.05) is 20.1 Å². The first-order valence-electron chi connectivity index (χ1n) is 8.03. The molecular weight excluding hydrogens is 314 g/mol. The molecule has 0 spiro atoms. The minimum atomic E-state index is -3.59. The fourth-order valence-corrected chi connectivity index (χ4v) is 4.36. The molecule has 0 saturated heterocycles. The Balaban J connectivity index is 2.20. The van der Waals surface area contributed by atoms with E-state index in [4.69, 9.17) is 5.73 Å². The molecule has 0 aliphatic heterocycles. The molecule has 0 radical (unpaired) electrons. The lowest BCUT2D eigenvalue weighted by atomic mass is 9.96. The van der Waals surface area contributed by atoms with E-state index in [-0.39, 0.29) is 16.8 Å². The summed E-state index contributed by atoms with van der Waals surface area (Å²) in [6, 6.07) is 6.21. The molecule has 1 aliphatic rings. The van der Waals surface area contributed by atoms with Gasteiger partial charge in [0.15, 0.2) is 0 Å². The quantitative estimate of drug-likeness (QED) is 0.818. The first-order valence-corrected chi connectivity index (χ1v) is 9.47. The molecule has 7 heteroatoms. The number of nitrogens with two attached hydrogens (primary N) is 1. The lowest BCUT2D eigenvalue weighted by molar-refractivity contribution is 0.0954. The molecule has 1 aliphatic carbocycles. The second kappa shape index (κ2) is 7.90. The Bertz CT molecular complexity index is 640. The van der Waals surface area contributed by atoms with Gasteiger partial charge >= 0.3 is 0 Å². The van der Waals surface area contributed by atoms with Gasteiger partial charge in [-0.15, -0.1) is 0 Å². The number of carbonyl (C=O) groups excluding carboxylic acids is 1. The van der Waals surface area contributed by atoms with Crippen LogP contribution in [0.25, 0.3) is 0 Å². The standard InChI is InChI=1S/C16H25N3O3S/c1-19(14-7-3-2-4-8-14)23(21,22)15-9-5-6-13(12-15)16(20)18-11-10-17/h5-6,9,12,14H,2-4,7-8,10-11,17H2,1H3,(H,18,20). The van der Waals surface area contributed by atoms with Crippen molar-refractivity contribution >= 4 is 15.9 Å². The van der Waals surface area contributed by atoms with Crippen molar-refractivity contribution in [3.63, 3.8) is 0 Å². The molecule has 3 N–H and O–H groups in total. The Kier molecular flexibility index (Phi) is 6.15.